The van der Waals surface area contributed by atoms with E-state index in [1.54, 1.807) is 6.20 Å². The molecular weight excluding hydrogens is 260 g/mol. The number of amides is 1. The Morgan fingerprint density at radius 1 is 1.14 bits per heavy atom. The lowest BCUT2D eigenvalue weighted by molar-refractivity contribution is -0.129. The van der Waals surface area contributed by atoms with Gasteiger partial charge in [0.1, 0.15) is 0 Å². The Balaban J connectivity index is 2.20. The summed E-state index contributed by atoms with van der Waals surface area (Å²) in [6, 6.07) is 12.1. The zero-order valence-electron chi connectivity index (χ0n) is 13.1. The third-order valence-electron chi connectivity index (χ3n) is 3.41. The molecule has 1 aromatic carbocycles. The van der Waals surface area contributed by atoms with Crippen LogP contribution in [0.5, 0.6) is 0 Å². The molecule has 21 heavy (non-hydrogen) atoms. The van der Waals surface area contributed by atoms with Crippen LogP contribution in [0.3, 0.4) is 0 Å². The predicted molar refractivity (Wildman–Crippen MR) is 85.7 cm³/mol. The highest BCUT2D eigenvalue weighted by Crippen LogP contribution is 2.23. The van der Waals surface area contributed by atoms with Crippen molar-refractivity contribution in [3.63, 3.8) is 0 Å². The van der Waals surface area contributed by atoms with Crippen molar-refractivity contribution >= 4 is 5.91 Å². The van der Waals surface area contributed by atoms with Crippen LogP contribution in [0.2, 0.25) is 0 Å². The number of carbonyl (C=O) groups is 1. The predicted octanol–water partition coefficient (Wildman–Crippen LogP) is 3.97. The van der Waals surface area contributed by atoms with Gasteiger partial charge in [0.15, 0.2) is 0 Å². The number of nitrogens with one attached hydrogen (secondary N) is 1. The molecule has 2 rings (SSSR count). The summed E-state index contributed by atoms with van der Waals surface area (Å²) in [5.41, 5.74) is 2.90. The topological polar surface area (TPSA) is 42.0 Å². The summed E-state index contributed by atoms with van der Waals surface area (Å²) in [6.07, 6.45) is 3.61. The molecule has 3 nitrogen and oxygen atoms in total. The zero-order chi connectivity index (χ0) is 15.5. The van der Waals surface area contributed by atoms with Crippen LogP contribution in [-0.4, -0.2) is 10.9 Å². The second-order valence-corrected chi connectivity index (χ2v) is 6.31. The second kappa shape index (κ2) is 6.08. The zero-order valence-corrected chi connectivity index (χ0v) is 13.1. The summed E-state index contributed by atoms with van der Waals surface area (Å²) < 4.78 is 0. The van der Waals surface area contributed by atoms with Crippen molar-refractivity contribution in [1.29, 1.82) is 0 Å². The number of nitrogens with zero attached hydrogens (tertiary/aromatic N) is 1. The van der Waals surface area contributed by atoms with Gasteiger partial charge in [0.05, 0.1) is 6.04 Å². The highest BCUT2D eigenvalue weighted by molar-refractivity contribution is 5.81. The maximum atomic E-state index is 12.1. The largest absolute Gasteiger partial charge is 0.349 e. The summed E-state index contributed by atoms with van der Waals surface area (Å²) in [5, 5.41) is 3.06. The van der Waals surface area contributed by atoms with Gasteiger partial charge in [-0.15, -0.1) is 0 Å². The van der Waals surface area contributed by atoms with Crippen molar-refractivity contribution in [2.75, 3.05) is 0 Å². The van der Waals surface area contributed by atoms with Crippen molar-refractivity contribution < 1.29 is 4.79 Å². The van der Waals surface area contributed by atoms with Crippen molar-refractivity contribution in [3.8, 4) is 11.1 Å². The lowest BCUT2D eigenvalue weighted by atomic mass is 9.94. The molecule has 0 saturated heterocycles. The van der Waals surface area contributed by atoms with Crippen LogP contribution in [0.1, 0.15) is 39.3 Å². The molecule has 0 fully saturated rings. The van der Waals surface area contributed by atoms with Gasteiger partial charge in [0.25, 0.3) is 0 Å². The minimum Gasteiger partial charge on any atom is -0.349 e. The van der Waals surface area contributed by atoms with Gasteiger partial charge in [0.2, 0.25) is 5.91 Å². The average Bonchev–Trinajstić information content (AvgIpc) is 2.47. The number of pyridine rings is 1. The molecule has 0 bridgehead atoms. The van der Waals surface area contributed by atoms with Crippen LogP contribution in [0, 0.1) is 5.41 Å². The van der Waals surface area contributed by atoms with Gasteiger partial charge >= 0.3 is 0 Å². The Kier molecular flexibility index (Phi) is 4.41. The number of carbonyl (C=O) groups excluding carboxylic acids is 1. The van der Waals surface area contributed by atoms with Crippen LogP contribution in [-0.2, 0) is 4.79 Å². The molecule has 1 amide bonds. The van der Waals surface area contributed by atoms with Crippen LogP contribution in [0.15, 0.2) is 48.8 Å². The lowest BCUT2D eigenvalue weighted by Crippen LogP contribution is -2.36. The fraction of sp³-hybridized carbons (Fsp3) is 0.333. The molecule has 1 N–H and O–H groups in total. The highest BCUT2D eigenvalue weighted by atomic mass is 16.2. The molecule has 0 aliphatic heterocycles. The number of aromatic nitrogens is 1. The highest BCUT2D eigenvalue weighted by Gasteiger charge is 2.23. The monoisotopic (exact) mass is 282 g/mol. The van der Waals surface area contributed by atoms with Gasteiger partial charge in [-0.05, 0) is 35.7 Å². The maximum absolute atomic E-state index is 12.1. The number of benzene rings is 1. The summed E-state index contributed by atoms with van der Waals surface area (Å²) in [4.78, 5) is 16.2. The van der Waals surface area contributed by atoms with E-state index in [4.69, 9.17) is 0 Å². The Labute approximate surface area is 126 Å². The summed E-state index contributed by atoms with van der Waals surface area (Å²) in [5.74, 6) is 0.0572. The van der Waals surface area contributed by atoms with E-state index < -0.39 is 0 Å². The molecule has 1 aromatic heterocycles. The van der Waals surface area contributed by atoms with E-state index in [0.717, 1.165) is 16.7 Å². The summed E-state index contributed by atoms with van der Waals surface area (Å²) in [7, 11) is 0. The smallest absolute Gasteiger partial charge is 0.225 e. The van der Waals surface area contributed by atoms with E-state index >= 15 is 0 Å². The number of hydrogen-bond acceptors (Lipinski definition) is 2. The van der Waals surface area contributed by atoms with Crippen LogP contribution >= 0.6 is 0 Å². The molecule has 1 heterocycles. The Hall–Kier alpha value is -2.16. The SMILES string of the molecule is CC(NC(=O)C(C)(C)C)c1cccc(-c2cccnc2)c1. The minimum atomic E-state index is -0.380. The first kappa shape index (κ1) is 15.2. The van der Waals surface area contributed by atoms with Crippen molar-refractivity contribution in [1.82, 2.24) is 10.3 Å². The van der Waals surface area contributed by atoms with Gasteiger partial charge in [-0.3, -0.25) is 9.78 Å². The molecule has 1 unspecified atom stereocenters. The standard InChI is InChI=1S/C18H22N2O/c1-13(20-17(21)18(2,3)4)14-7-5-8-15(11-14)16-9-6-10-19-12-16/h5-13H,1-4H3,(H,20,21). The molecule has 0 aliphatic carbocycles. The van der Waals surface area contributed by atoms with Gasteiger partial charge in [-0.2, -0.15) is 0 Å². The molecule has 110 valence electrons. The van der Waals surface area contributed by atoms with E-state index in [0.29, 0.717) is 0 Å². The molecule has 0 saturated carbocycles. The van der Waals surface area contributed by atoms with Crippen molar-refractivity contribution in [2.24, 2.45) is 5.41 Å². The molecule has 0 aliphatic rings. The van der Waals surface area contributed by atoms with Gasteiger partial charge in [-0.25, -0.2) is 0 Å². The van der Waals surface area contributed by atoms with Crippen molar-refractivity contribution in [2.45, 2.75) is 33.7 Å². The van der Waals surface area contributed by atoms with E-state index in [9.17, 15) is 4.79 Å². The van der Waals surface area contributed by atoms with Gasteiger partial charge in [0, 0.05) is 17.8 Å². The molecule has 3 heteroatoms. The normalized spacial score (nSPS) is 12.8. The molecule has 1 atom stereocenters. The van der Waals surface area contributed by atoms with Gasteiger partial charge < -0.3 is 5.32 Å². The fourth-order valence-electron chi connectivity index (χ4n) is 2.02. The Morgan fingerprint density at radius 2 is 1.86 bits per heavy atom. The van der Waals surface area contributed by atoms with Crippen molar-refractivity contribution in [3.05, 3.63) is 54.4 Å². The number of hydrogen-bond donors (Lipinski definition) is 1. The Bertz CT molecular complexity index is 615. The molecular formula is C18H22N2O. The average molecular weight is 282 g/mol. The minimum absolute atomic E-state index is 0.0200. The van der Waals surface area contributed by atoms with E-state index in [1.165, 1.54) is 0 Å². The first-order chi connectivity index (χ1) is 9.88. The van der Waals surface area contributed by atoms with E-state index in [2.05, 4.69) is 22.4 Å². The third-order valence-corrected chi connectivity index (χ3v) is 3.41. The van der Waals surface area contributed by atoms with Gasteiger partial charge in [-0.1, -0.05) is 45.0 Å². The summed E-state index contributed by atoms with van der Waals surface area (Å²) in [6.45, 7) is 7.76. The van der Waals surface area contributed by atoms with Crippen LogP contribution in [0.4, 0.5) is 0 Å². The van der Waals surface area contributed by atoms with E-state index in [-0.39, 0.29) is 17.4 Å². The first-order valence-corrected chi connectivity index (χ1v) is 7.19. The fourth-order valence-corrected chi connectivity index (χ4v) is 2.02. The van der Waals surface area contributed by atoms with Crippen LogP contribution in [0.25, 0.3) is 11.1 Å². The molecule has 0 spiro atoms. The Morgan fingerprint density at radius 3 is 2.48 bits per heavy atom. The maximum Gasteiger partial charge on any atom is 0.225 e. The molecule has 0 radical (unpaired) electrons. The summed E-state index contributed by atoms with van der Waals surface area (Å²) >= 11 is 0. The second-order valence-electron chi connectivity index (χ2n) is 6.31. The van der Waals surface area contributed by atoms with E-state index in [1.807, 2.05) is 58.2 Å². The lowest BCUT2D eigenvalue weighted by Gasteiger charge is -2.22. The number of rotatable bonds is 3. The molecule has 2 aromatic rings. The first-order valence-electron chi connectivity index (χ1n) is 7.19. The quantitative estimate of drug-likeness (QED) is 0.925. The third kappa shape index (κ3) is 3.91. The van der Waals surface area contributed by atoms with Crippen LogP contribution < -0.4 is 5.32 Å².